The normalized spacial score (nSPS) is 10.7. The van der Waals surface area contributed by atoms with E-state index in [1.54, 1.807) is 6.92 Å². The third kappa shape index (κ3) is 22.6. The van der Waals surface area contributed by atoms with Crippen molar-refractivity contribution in [1.82, 2.24) is 0 Å². The molecule has 14 heavy (non-hydrogen) atoms. The van der Waals surface area contributed by atoms with Crippen LogP contribution in [0.5, 0.6) is 0 Å². The van der Waals surface area contributed by atoms with Gasteiger partial charge in [0.25, 0.3) is 0 Å². The van der Waals surface area contributed by atoms with Gasteiger partial charge in [0.15, 0.2) is 5.79 Å². The van der Waals surface area contributed by atoms with Gasteiger partial charge in [-0.15, -0.1) is 0 Å². The highest BCUT2D eigenvalue weighted by Crippen LogP contribution is 1.99. The molecule has 0 bridgehead atoms. The second-order valence-electron chi connectivity index (χ2n) is 3.43. The van der Waals surface area contributed by atoms with E-state index in [9.17, 15) is 0 Å². The predicted molar refractivity (Wildman–Crippen MR) is 55.8 cm³/mol. The standard InChI is InChI=1S/C6H14O2.C4H10O2/c7-5-3-1-2-4-6-8;1-3-4(2,5)6/h7-8H,1-6H2;5-6H,3H2,1-2H3. The number of rotatable bonds is 6. The molecule has 0 aromatic rings. The molecule has 0 saturated carbocycles. The summed E-state index contributed by atoms with van der Waals surface area (Å²) in [6.07, 6.45) is 4.21. The molecule has 0 unspecified atom stereocenters. The fourth-order valence-electron chi connectivity index (χ4n) is 0.577. The molecule has 0 rings (SSSR count). The van der Waals surface area contributed by atoms with Crippen LogP contribution < -0.4 is 0 Å². The van der Waals surface area contributed by atoms with Crippen molar-refractivity contribution in [1.29, 1.82) is 0 Å². The molecule has 0 radical (unpaired) electrons. The van der Waals surface area contributed by atoms with Crippen molar-refractivity contribution < 1.29 is 20.4 Å². The van der Waals surface area contributed by atoms with Crippen LogP contribution in [0.15, 0.2) is 0 Å². The lowest BCUT2D eigenvalue weighted by molar-refractivity contribution is -0.145. The molecular weight excluding hydrogens is 184 g/mol. The smallest absolute Gasteiger partial charge is 0.159 e. The van der Waals surface area contributed by atoms with Gasteiger partial charge in [0, 0.05) is 13.2 Å². The van der Waals surface area contributed by atoms with Crippen LogP contribution in [0.1, 0.15) is 46.0 Å². The van der Waals surface area contributed by atoms with Crippen LogP contribution in [0.25, 0.3) is 0 Å². The van der Waals surface area contributed by atoms with Crippen LogP contribution in [0.2, 0.25) is 0 Å². The van der Waals surface area contributed by atoms with Gasteiger partial charge in [0.05, 0.1) is 0 Å². The first-order valence-electron chi connectivity index (χ1n) is 5.14. The minimum atomic E-state index is -1.46. The molecule has 0 aliphatic rings. The number of hydrogen-bond donors (Lipinski definition) is 4. The molecule has 0 spiro atoms. The van der Waals surface area contributed by atoms with Crippen molar-refractivity contribution in [3.05, 3.63) is 0 Å². The van der Waals surface area contributed by atoms with E-state index in [4.69, 9.17) is 20.4 Å². The molecule has 4 nitrogen and oxygen atoms in total. The Kier molecular flexibility index (Phi) is 12.7. The van der Waals surface area contributed by atoms with E-state index < -0.39 is 5.79 Å². The predicted octanol–water partition coefficient (Wildman–Crippen LogP) is 0.629. The Balaban J connectivity index is 0. The van der Waals surface area contributed by atoms with Gasteiger partial charge in [-0.05, 0) is 26.2 Å². The summed E-state index contributed by atoms with van der Waals surface area (Å²) in [4.78, 5) is 0. The van der Waals surface area contributed by atoms with Crippen LogP contribution in [0, 0.1) is 0 Å². The Morgan fingerprint density at radius 1 is 0.857 bits per heavy atom. The van der Waals surface area contributed by atoms with Crippen molar-refractivity contribution in [2.75, 3.05) is 13.2 Å². The molecule has 0 aromatic carbocycles. The van der Waals surface area contributed by atoms with Crippen LogP contribution in [-0.2, 0) is 0 Å². The second-order valence-corrected chi connectivity index (χ2v) is 3.43. The molecule has 0 saturated heterocycles. The van der Waals surface area contributed by atoms with E-state index in [0.29, 0.717) is 6.42 Å². The molecular formula is C10H24O4. The van der Waals surface area contributed by atoms with E-state index in [1.807, 2.05) is 0 Å². The van der Waals surface area contributed by atoms with Crippen molar-refractivity contribution >= 4 is 0 Å². The monoisotopic (exact) mass is 208 g/mol. The van der Waals surface area contributed by atoms with Crippen molar-refractivity contribution in [2.45, 2.75) is 51.7 Å². The van der Waals surface area contributed by atoms with Gasteiger partial charge in [-0.25, -0.2) is 0 Å². The minimum Gasteiger partial charge on any atom is -0.396 e. The second kappa shape index (κ2) is 10.9. The summed E-state index contributed by atoms with van der Waals surface area (Å²) in [7, 11) is 0. The van der Waals surface area contributed by atoms with Gasteiger partial charge in [-0.1, -0.05) is 19.8 Å². The fraction of sp³-hybridized carbons (Fsp3) is 1.00. The SMILES string of the molecule is CCC(C)(O)O.OCCCCCCO. The summed E-state index contributed by atoms with van der Waals surface area (Å²) in [5, 5.41) is 33.4. The lowest BCUT2D eigenvalue weighted by Crippen LogP contribution is -2.20. The van der Waals surface area contributed by atoms with Gasteiger partial charge < -0.3 is 20.4 Å². The maximum absolute atomic E-state index is 8.38. The first-order chi connectivity index (χ1) is 6.47. The van der Waals surface area contributed by atoms with E-state index in [1.165, 1.54) is 6.92 Å². The van der Waals surface area contributed by atoms with Crippen LogP contribution in [0.4, 0.5) is 0 Å². The zero-order valence-corrected chi connectivity index (χ0v) is 9.24. The van der Waals surface area contributed by atoms with Gasteiger partial charge >= 0.3 is 0 Å². The average molecular weight is 208 g/mol. The van der Waals surface area contributed by atoms with Crippen LogP contribution in [0.3, 0.4) is 0 Å². The highest BCUT2D eigenvalue weighted by molar-refractivity contribution is 4.47. The molecule has 4 N–H and O–H groups in total. The summed E-state index contributed by atoms with van der Waals surface area (Å²) in [6.45, 7) is 3.63. The Bertz CT molecular complexity index is 92.8. The highest BCUT2D eigenvalue weighted by atomic mass is 16.5. The molecule has 0 atom stereocenters. The highest BCUT2D eigenvalue weighted by Gasteiger charge is 2.08. The number of hydrogen-bond acceptors (Lipinski definition) is 4. The van der Waals surface area contributed by atoms with E-state index in [0.717, 1.165) is 25.7 Å². The van der Waals surface area contributed by atoms with Crippen molar-refractivity contribution in [3.63, 3.8) is 0 Å². The van der Waals surface area contributed by atoms with E-state index in [2.05, 4.69) is 0 Å². The topological polar surface area (TPSA) is 80.9 Å². The molecule has 0 amide bonds. The molecule has 0 aromatic heterocycles. The van der Waals surface area contributed by atoms with E-state index >= 15 is 0 Å². The molecule has 0 aliphatic carbocycles. The quantitative estimate of drug-likeness (QED) is 0.381. The molecule has 0 fully saturated rings. The zero-order valence-electron chi connectivity index (χ0n) is 9.24. The number of aliphatic hydroxyl groups excluding tert-OH is 2. The summed E-state index contributed by atoms with van der Waals surface area (Å²) >= 11 is 0. The summed E-state index contributed by atoms with van der Waals surface area (Å²) in [6, 6.07) is 0. The maximum Gasteiger partial charge on any atom is 0.159 e. The summed E-state index contributed by atoms with van der Waals surface area (Å²) in [5.41, 5.74) is 0. The third-order valence-corrected chi connectivity index (χ3v) is 1.74. The summed E-state index contributed by atoms with van der Waals surface area (Å²) in [5.74, 6) is -1.46. The number of unbranched alkanes of at least 4 members (excludes halogenated alkanes) is 3. The van der Waals surface area contributed by atoms with Crippen LogP contribution in [-0.4, -0.2) is 39.4 Å². The molecule has 4 heteroatoms. The molecule has 0 aliphatic heterocycles. The molecule has 0 heterocycles. The third-order valence-electron chi connectivity index (χ3n) is 1.74. The zero-order chi connectivity index (χ0) is 11.4. The Hall–Kier alpha value is -0.160. The maximum atomic E-state index is 8.38. The van der Waals surface area contributed by atoms with Crippen LogP contribution >= 0.6 is 0 Å². The molecule has 88 valence electrons. The lowest BCUT2D eigenvalue weighted by atomic mass is 10.2. The average Bonchev–Trinajstić information content (AvgIpc) is 2.13. The van der Waals surface area contributed by atoms with E-state index in [-0.39, 0.29) is 13.2 Å². The lowest BCUT2D eigenvalue weighted by Gasteiger charge is -2.10. The number of aliphatic hydroxyl groups is 4. The van der Waals surface area contributed by atoms with Crippen molar-refractivity contribution in [3.8, 4) is 0 Å². The Morgan fingerprint density at radius 2 is 1.14 bits per heavy atom. The van der Waals surface area contributed by atoms with Crippen molar-refractivity contribution in [2.24, 2.45) is 0 Å². The first kappa shape index (κ1) is 16.3. The Morgan fingerprint density at radius 3 is 1.29 bits per heavy atom. The summed E-state index contributed by atoms with van der Waals surface area (Å²) < 4.78 is 0. The van der Waals surface area contributed by atoms with Gasteiger partial charge in [-0.3, -0.25) is 0 Å². The minimum absolute atomic E-state index is 0.283. The van der Waals surface area contributed by atoms with Gasteiger partial charge in [0.1, 0.15) is 0 Å². The van der Waals surface area contributed by atoms with Gasteiger partial charge in [-0.2, -0.15) is 0 Å². The first-order valence-corrected chi connectivity index (χ1v) is 5.14. The Labute approximate surface area is 86.2 Å². The fourth-order valence-corrected chi connectivity index (χ4v) is 0.577. The largest absolute Gasteiger partial charge is 0.396 e. The van der Waals surface area contributed by atoms with Gasteiger partial charge in [0.2, 0.25) is 0 Å².